The fourth-order valence-electron chi connectivity index (χ4n) is 2.99. The predicted octanol–water partition coefficient (Wildman–Crippen LogP) is 2.41. The van der Waals surface area contributed by atoms with Crippen molar-refractivity contribution >= 4 is 20.2 Å². The highest BCUT2D eigenvalue weighted by atomic mass is 32.2. The molecule has 0 saturated carbocycles. The average molecular weight is 431 g/mol. The van der Waals surface area contributed by atoms with Crippen molar-refractivity contribution in [2.75, 3.05) is 11.5 Å². The minimum Gasteiger partial charge on any atom is -0.508 e. The Balaban J connectivity index is 2.35. The predicted molar refractivity (Wildman–Crippen MR) is 105 cm³/mol. The molecule has 2 rings (SSSR count). The van der Waals surface area contributed by atoms with Crippen molar-refractivity contribution in [1.29, 1.82) is 0 Å². The first-order chi connectivity index (χ1) is 12.9. The van der Waals surface area contributed by atoms with Crippen LogP contribution in [-0.2, 0) is 33.1 Å². The van der Waals surface area contributed by atoms with E-state index in [4.69, 9.17) is 9.11 Å². The van der Waals surface area contributed by atoms with Crippen LogP contribution in [0.25, 0.3) is 11.1 Å². The van der Waals surface area contributed by atoms with Crippen LogP contribution in [0.4, 0.5) is 0 Å². The highest BCUT2D eigenvalue weighted by Crippen LogP contribution is 2.33. The summed E-state index contributed by atoms with van der Waals surface area (Å²) >= 11 is 0. The number of benzene rings is 2. The molecule has 0 aromatic heterocycles. The van der Waals surface area contributed by atoms with Crippen molar-refractivity contribution in [2.24, 2.45) is 0 Å². The highest BCUT2D eigenvalue weighted by Gasteiger charge is 2.14. The second-order valence-electron chi connectivity index (χ2n) is 6.46. The Morgan fingerprint density at radius 2 is 1.00 bits per heavy atom. The minimum atomic E-state index is -4.10. The van der Waals surface area contributed by atoms with Gasteiger partial charge in [0.05, 0.1) is 11.5 Å². The van der Waals surface area contributed by atoms with Crippen molar-refractivity contribution in [3.8, 4) is 22.6 Å². The molecule has 0 aliphatic carbocycles. The largest absolute Gasteiger partial charge is 0.508 e. The zero-order valence-electron chi connectivity index (χ0n) is 14.9. The van der Waals surface area contributed by atoms with Crippen LogP contribution in [0.5, 0.6) is 11.5 Å². The molecule has 0 radical (unpaired) electrons. The average Bonchev–Trinajstić information content (AvgIpc) is 2.53. The Hall–Kier alpha value is -2.14. The summed E-state index contributed by atoms with van der Waals surface area (Å²) in [4.78, 5) is 0. The second-order valence-corrected chi connectivity index (χ2v) is 9.61. The molecule has 0 bridgehead atoms. The molecular formula is C18H22O8S2. The Morgan fingerprint density at radius 3 is 1.32 bits per heavy atom. The first-order valence-corrected chi connectivity index (χ1v) is 11.7. The van der Waals surface area contributed by atoms with Crippen molar-refractivity contribution in [1.82, 2.24) is 0 Å². The van der Waals surface area contributed by atoms with Crippen LogP contribution in [-0.4, -0.2) is 47.7 Å². The van der Waals surface area contributed by atoms with E-state index in [9.17, 15) is 27.0 Å². The summed E-state index contributed by atoms with van der Waals surface area (Å²) in [5, 5.41) is 19.6. The van der Waals surface area contributed by atoms with Crippen LogP contribution >= 0.6 is 0 Å². The summed E-state index contributed by atoms with van der Waals surface area (Å²) in [6.07, 6.45) is 0.834. The lowest BCUT2D eigenvalue weighted by molar-refractivity contribution is 0.473. The first-order valence-electron chi connectivity index (χ1n) is 8.49. The molecule has 0 fully saturated rings. The van der Waals surface area contributed by atoms with E-state index in [2.05, 4.69) is 0 Å². The van der Waals surface area contributed by atoms with Gasteiger partial charge in [-0.1, -0.05) is 12.1 Å². The minimum absolute atomic E-state index is 0.00249. The maximum absolute atomic E-state index is 10.9. The summed E-state index contributed by atoms with van der Waals surface area (Å²) in [6, 6.07) is 9.22. The number of phenolic OH excluding ortho intramolecular Hbond substituents is 2. The Labute approximate surface area is 164 Å². The number of aromatic hydroxyl groups is 2. The van der Waals surface area contributed by atoms with Gasteiger partial charge in [-0.05, 0) is 72.2 Å². The molecule has 2 aromatic carbocycles. The monoisotopic (exact) mass is 430 g/mol. The van der Waals surface area contributed by atoms with Gasteiger partial charge in [0.1, 0.15) is 11.5 Å². The maximum Gasteiger partial charge on any atom is 0.264 e. The van der Waals surface area contributed by atoms with Crippen molar-refractivity contribution in [2.45, 2.75) is 25.7 Å². The molecule has 10 heteroatoms. The summed E-state index contributed by atoms with van der Waals surface area (Å²) in [5.41, 5.74) is 2.67. The fourth-order valence-corrected chi connectivity index (χ4v) is 4.01. The summed E-state index contributed by atoms with van der Waals surface area (Å²) < 4.78 is 61.6. The van der Waals surface area contributed by atoms with E-state index >= 15 is 0 Å². The SMILES string of the molecule is O=S(=O)(O)CCCc1cc(O)ccc1-c1ccc(O)cc1CCCS(=O)(=O)O. The fraction of sp³-hybridized carbons (Fsp3) is 0.333. The first kappa shape index (κ1) is 22.2. The molecule has 0 spiro atoms. The van der Waals surface area contributed by atoms with E-state index in [-0.39, 0.29) is 37.2 Å². The Kier molecular flexibility index (Phi) is 7.05. The summed E-state index contributed by atoms with van der Waals surface area (Å²) in [6.45, 7) is 0. The maximum atomic E-state index is 10.9. The highest BCUT2D eigenvalue weighted by molar-refractivity contribution is 7.86. The van der Waals surface area contributed by atoms with Crippen LogP contribution in [0, 0.1) is 0 Å². The number of hydrogen-bond acceptors (Lipinski definition) is 6. The van der Waals surface area contributed by atoms with Gasteiger partial charge in [-0.3, -0.25) is 9.11 Å². The molecule has 0 heterocycles. The number of aryl methyl sites for hydroxylation is 2. The van der Waals surface area contributed by atoms with Crippen LogP contribution in [0.1, 0.15) is 24.0 Å². The molecule has 0 aliphatic rings. The van der Waals surface area contributed by atoms with Crippen molar-refractivity contribution < 1.29 is 36.2 Å². The molecule has 2 aromatic rings. The number of hydrogen-bond donors (Lipinski definition) is 4. The molecule has 0 aliphatic heterocycles. The zero-order valence-corrected chi connectivity index (χ0v) is 16.6. The zero-order chi connectivity index (χ0) is 20.9. The molecular weight excluding hydrogens is 408 g/mol. The summed E-state index contributed by atoms with van der Waals surface area (Å²) in [5.74, 6) is -0.841. The number of rotatable bonds is 9. The van der Waals surface area contributed by atoms with Crippen LogP contribution in [0.15, 0.2) is 36.4 Å². The molecule has 154 valence electrons. The number of phenols is 2. The molecule has 0 amide bonds. The molecule has 28 heavy (non-hydrogen) atoms. The van der Waals surface area contributed by atoms with Gasteiger partial charge in [0.25, 0.3) is 20.2 Å². The van der Waals surface area contributed by atoms with Gasteiger partial charge in [0.15, 0.2) is 0 Å². The third-order valence-corrected chi connectivity index (χ3v) is 5.77. The molecule has 0 unspecified atom stereocenters. The lowest BCUT2D eigenvalue weighted by Crippen LogP contribution is -2.06. The second kappa shape index (κ2) is 8.91. The molecule has 4 N–H and O–H groups in total. The Morgan fingerprint density at radius 1 is 0.643 bits per heavy atom. The van der Waals surface area contributed by atoms with Crippen molar-refractivity contribution in [3.05, 3.63) is 47.5 Å². The Bertz CT molecular complexity index is 958. The van der Waals surface area contributed by atoms with Gasteiger partial charge < -0.3 is 10.2 Å². The van der Waals surface area contributed by atoms with E-state index in [1.54, 1.807) is 12.1 Å². The van der Waals surface area contributed by atoms with Crippen molar-refractivity contribution in [3.63, 3.8) is 0 Å². The molecule has 0 saturated heterocycles. The van der Waals surface area contributed by atoms with E-state index in [0.29, 0.717) is 22.3 Å². The van der Waals surface area contributed by atoms with Gasteiger partial charge >= 0.3 is 0 Å². The smallest absolute Gasteiger partial charge is 0.264 e. The van der Waals surface area contributed by atoms with Gasteiger partial charge in [0.2, 0.25) is 0 Å². The van der Waals surface area contributed by atoms with E-state index in [1.807, 2.05) is 0 Å². The normalized spacial score (nSPS) is 12.2. The molecule has 0 atom stereocenters. The van der Waals surface area contributed by atoms with Gasteiger partial charge in [-0.2, -0.15) is 16.8 Å². The lowest BCUT2D eigenvalue weighted by atomic mass is 9.91. The van der Waals surface area contributed by atoms with Crippen LogP contribution < -0.4 is 0 Å². The third-order valence-electron chi connectivity index (χ3n) is 4.16. The van der Waals surface area contributed by atoms with Gasteiger partial charge in [0, 0.05) is 0 Å². The van der Waals surface area contributed by atoms with Crippen LogP contribution in [0.3, 0.4) is 0 Å². The lowest BCUT2D eigenvalue weighted by Gasteiger charge is -2.15. The van der Waals surface area contributed by atoms with Gasteiger partial charge in [-0.15, -0.1) is 0 Å². The molecule has 8 nitrogen and oxygen atoms in total. The third kappa shape index (κ3) is 7.12. The standard InChI is InChI=1S/C18H22O8S2/c19-15-5-7-17(13(11-15)3-1-9-27(21,22)23)18-8-6-16(20)12-14(18)4-2-10-28(24,25)26/h5-8,11-12,19-20H,1-4,9-10H2,(H,21,22,23)(H,24,25,26). The van der Waals surface area contributed by atoms with Gasteiger partial charge in [-0.25, -0.2) is 0 Å². The van der Waals surface area contributed by atoms with E-state index in [1.165, 1.54) is 24.3 Å². The quantitative estimate of drug-likeness (QED) is 0.443. The van der Waals surface area contributed by atoms with Crippen LogP contribution in [0.2, 0.25) is 0 Å². The van der Waals surface area contributed by atoms with E-state index < -0.39 is 31.7 Å². The van der Waals surface area contributed by atoms with E-state index in [0.717, 1.165) is 0 Å². The summed E-state index contributed by atoms with van der Waals surface area (Å²) in [7, 11) is -8.20. The topological polar surface area (TPSA) is 149 Å².